The summed E-state index contributed by atoms with van der Waals surface area (Å²) in [6.45, 7) is 4.29. The van der Waals surface area contributed by atoms with Crippen molar-refractivity contribution in [3.8, 4) is 0 Å². The van der Waals surface area contributed by atoms with Gasteiger partial charge in [0.2, 0.25) is 5.91 Å². The minimum atomic E-state index is -4.23. The van der Waals surface area contributed by atoms with Gasteiger partial charge in [-0.15, -0.1) is 0 Å². The van der Waals surface area contributed by atoms with Gasteiger partial charge in [0.05, 0.1) is 17.2 Å². The third kappa shape index (κ3) is 2.78. The van der Waals surface area contributed by atoms with Gasteiger partial charge in [-0.25, -0.2) is 0 Å². The van der Waals surface area contributed by atoms with E-state index in [1.165, 1.54) is 0 Å². The number of aryl methyl sites for hydroxylation is 1. The average molecular weight is 379 g/mol. The molecule has 1 atom stereocenters. The molecule has 0 spiro atoms. The molecule has 0 radical (unpaired) electrons. The summed E-state index contributed by atoms with van der Waals surface area (Å²) < 4.78 is 45.0. The van der Waals surface area contributed by atoms with Crippen molar-refractivity contribution >= 4 is 11.9 Å². The molecule has 0 bridgehead atoms. The van der Waals surface area contributed by atoms with Crippen LogP contribution in [-0.2, 0) is 24.9 Å². The number of rotatable bonds is 2. The summed E-state index contributed by atoms with van der Waals surface area (Å²) >= 11 is 0. The molecule has 4 rings (SSSR count). The molecule has 0 saturated carbocycles. The van der Waals surface area contributed by atoms with Gasteiger partial charge < -0.3 is 15.1 Å². The maximum absolute atomic E-state index is 13.1. The zero-order chi connectivity index (χ0) is 19.6. The minimum Gasteiger partial charge on any atom is -0.428 e. The number of aromatic nitrogens is 1. The first kappa shape index (κ1) is 17.9. The average Bonchev–Trinajstić information content (AvgIpc) is 3.11. The number of amides is 1. The van der Waals surface area contributed by atoms with Gasteiger partial charge in [0.1, 0.15) is 5.76 Å². The summed E-state index contributed by atoms with van der Waals surface area (Å²) in [5, 5.41) is 0. The Hall–Kier alpha value is -2.51. The van der Waals surface area contributed by atoms with E-state index in [1.54, 1.807) is 12.1 Å². The van der Waals surface area contributed by atoms with Gasteiger partial charge in [-0.2, -0.15) is 18.2 Å². The molecule has 1 aromatic carbocycles. The van der Waals surface area contributed by atoms with Crippen molar-refractivity contribution in [3.63, 3.8) is 0 Å². The van der Waals surface area contributed by atoms with Gasteiger partial charge in [0.25, 0.3) is 6.01 Å². The molecule has 8 heteroatoms. The van der Waals surface area contributed by atoms with Crippen molar-refractivity contribution in [1.82, 2.24) is 4.98 Å². The van der Waals surface area contributed by atoms with E-state index in [9.17, 15) is 18.0 Å². The van der Waals surface area contributed by atoms with Crippen molar-refractivity contribution in [2.24, 2.45) is 11.7 Å². The fraction of sp³-hybridized carbons (Fsp3) is 0.474. The van der Waals surface area contributed by atoms with Crippen molar-refractivity contribution in [2.45, 2.75) is 51.4 Å². The second-order valence-electron chi connectivity index (χ2n) is 7.69. The lowest BCUT2D eigenvalue weighted by atomic mass is 9.90. The third-order valence-corrected chi connectivity index (χ3v) is 5.71. The van der Waals surface area contributed by atoms with E-state index < -0.39 is 23.5 Å². The SMILES string of the molecule is CC1(C)c2cccc(C(N)=O)c2CN1c1nc2c(o1)CCC(C(F)(F)F)C2. The van der Waals surface area contributed by atoms with E-state index in [1.807, 2.05) is 24.8 Å². The summed E-state index contributed by atoms with van der Waals surface area (Å²) in [7, 11) is 0. The van der Waals surface area contributed by atoms with Crippen LogP contribution in [0.2, 0.25) is 0 Å². The van der Waals surface area contributed by atoms with Crippen LogP contribution in [0.4, 0.5) is 19.2 Å². The first-order valence-electron chi connectivity index (χ1n) is 8.84. The lowest BCUT2D eigenvalue weighted by Gasteiger charge is -2.31. The quantitative estimate of drug-likeness (QED) is 0.864. The summed E-state index contributed by atoms with van der Waals surface area (Å²) in [5.41, 5.74) is 7.52. The molecule has 2 aliphatic rings. The number of hydrogen-bond donors (Lipinski definition) is 1. The van der Waals surface area contributed by atoms with E-state index >= 15 is 0 Å². The maximum atomic E-state index is 13.1. The van der Waals surface area contributed by atoms with Crippen molar-refractivity contribution in [3.05, 3.63) is 46.3 Å². The first-order chi connectivity index (χ1) is 12.6. The standard InChI is InChI=1S/C19H20F3N3O2/c1-18(2)13-5-3-4-11(16(23)26)12(13)9-25(18)17-24-14-8-10(19(20,21)22)6-7-15(14)27-17/h3-5,10H,6-9H2,1-2H3,(H2,23,26). The van der Waals surface area contributed by atoms with Crippen LogP contribution in [0.3, 0.4) is 0 Å². The van der Waals surface area contributed by atoms with Gasteiger partial charge in [0, 0.05) is 24.9 Å². The monoisotopic (exact) mass is 379 g/mol. The van der Waals surface area contributed by atoms with Crippen LogP contribution in [0.15, 0.2) is 22.6 Å². The molecule has 1 aromatic heterocycles. The Balaban J connectivity index is 1.69. The second kappa shape index (κ2) is 5.74. The highest BCUT2D eigenvalue weighted by molar-refractivity contribution is 5.95. The summed E-state index contributed by atoms with van der Waals surface area (Å²) in [4.78, 5) is 18.0. The number of primary amides is 1. The molecule has 27 heavy (non-hydrogen) atoms. The molecule has 5 nitrogen and oxygen atoms in total. The van der Waals surface area contributed by atoms with Crippen LogP contribution in [0, 0.1) is 5.92 Å². The Kier molecular flexibility index (Phi) is 3.80. The molecule has 0 fully saturated rings. The van der Waals surface area contributed by atoms with E-state index in [4.69, 9.17) is 10.2 Å². The molecule has 0 saturated heterocycles. The topological polar surface area (TPSA) is 72.4 Å². The highest BCUT2D eigenvalue weighted by Crippen LogP contribution is 2.44. The Labute approximate surface area is 154 Å². The van der Waals surface area contributed by atoms with Gasteiger partial charge in [-0.05, 0) is 37.5 Å². The number of carbonyl (C=O) groups is 1. The van der Waals surface area contributed by atoms with Crippen LogP contribution < -0.4 is 10.6 Å². The van der Waals surface area contributed by atoms with Crippen LogP contribution in [0.5, 0.6) is 0 Å². The van der Waals surface area contributed by atoms with Gasteiger partial charge in [-0.3, -0.25) is 4.79 Å². The minimum absolute atomic E-state index is 0.0145. The molecule has 2 heterocycles. The predicted octanol–water partition coefficient (Wildman–Crippen LogP) is 3.70. The molecule has 144 valence electrons. The number of carbonyl (C=O) groups excluding carboxylic acids is 1. The number of oxazole rings is 1. The molecule has 1 aliphatic heterocycles. The molecule has 1 amide bonds. The van der Waals surface area contributed by atoms with Gasteiger partial charge in [0.15, 0.2) is 0 Å². The van der Waals surface area contributed by atoms with Crippen LogP contribution >= 0.6 is 0 Å². The van der Waals surface area contributed by atoms with E-state index in [0.29, 0.717) is 29.6 Å². The lowest BCUT2D eigenvalue weighted by Crippen LogP contribution is -2.35. The molecule has 2 aromatic rings. The number of nitrogens with zero attached hydrogens (tertiary/aromatic N) is 2. The van der Waals surface area contributed by atoms with Crippen molar-refractivity contribution in [2.75, 3.05) is 4.90 Å². The third-order valence-electron chi connectivity index (χ3n) is 5.71. The van der Waals surface area contributed by atoms with Gasteiger partial charge in [-0.1, -0.05) is 12.1 Å². The molecule has 2 N–H and O–H groups in total. The lowest BCUT2D eigenvalue weighted by molar-refractivity contribution is -0.177. The molecular formula is C19H20F3N3O2. The second-order valence-corrected chi connectivity index (χ2v) is 7.69. The van der Waals surface area contributed by atoms with Crippen LogP contribution in [0.25, 0.3) is 0 Å². The maximum Gasteiger partial charge on any atom is 0.392 e. The van der Waals surface area contributed by atoms with Crippen LogP contribution in [0.1, 0.15) is 53.2 Å². The number of anilines is 1. The summed E-state index contributed by atoms with van der Waals surface area (Å²) in [6.07, 6.45) is -4.15. The number of nitrogens with two attached hydrogens (primary N) is 1. The number of fused-ring (bicyclic) bond motifs is 2. The Bertz CT molecular complexity index is 917. The molecule has 1 aliphatic carbocycles. The van der Waals surface area contributed by atoms with Gasteiger partial charge >= 0.3 is 6.18 Å². The Morgan fingerprint density at radius 2 is 2.11 bits per heavy atom. The summed E-state index contributed by atoms with van der Waals surface area (Å²) in [6, 6.07) is 5.66. The largest absolute Gasteiger partial charge is 0.428 e. The van der Waals surface area contributed by atoms with Crippen molar-refractivity contribution < 1.29 is 22.4 Å². The van der Waals surface area contributed by atoms with Crippen molar-refractivity contribution in [1.29, 1.82) is 0 Å². The smallest absolute Gasteiger partial charge is 0.392 e. The zero-order valence-corrected chi connectivity index (χ0v) is 15.1. The fourth-order valence-corrected chi connectivity index (χ4v) is 4.13. The fourth-order valence-electron chi connectivity index (χ4n) is 4.13. The van der Waals surface area contributed by atoms with E-state index in [0.717, 1.165) is 11.1 Å². The predicted molar refractivity (Wildman–Crippen MR) is 92.2 cm³/mol. The molecular weight excluding hydrogens is 359 g/mol. The normalized spacial score (nSPS) is 21.1. The number of halogens is 3. The van der Waals surface area contributed by atoms with Crippen LogP contribution in [-0.4, -0.2) is 17.1 Å². The molecule has 1 unspecified atom stereocenters. The number of benzene rings is 1. The number of alkyl halides is 3. The van der Waals surface area contributed by atoms with E-state index in [2.05, 4.69) is 4.98 Å². The highest BCUT2D eigenvalue weighted by Gasteiger charge is 2.45. The Morgan fingerprint density at radius 3 is 2.78 bits per heavy atom. The zero-order valence-electron chi connectivity index (χ0n) is 15.1. The van der Waals surface area contributed by atoms with E-state index in [-0.39, 0.29) is 19.3 Å². The highest BCUT2D eigenvalue weighted by atomic mass is 19.4. The Morgan fingerprint density at radius 1 is 1.37 bits per heavy atom. The first-order valence-corrected chi connectivity index (χ1v) is 8.84. The summed E-state index contributed by atoms with van der Waals surface area (Å²) in [5.74, 6) is -1.37. The number of hydrogen-bond acceptors (Lipinski definition) is 4.